The van der Waals surface area contributed by atoms with Crippen LogP contribution in [0.5, 0.6) is 0 Å². The van der Waals surface area contributed by atoms with Gasteiger partial charge in [0.1, 0.15) is 5.69 Å². The largest absolute Gasteiger partial charge is 0.368 e. The Kier molecular flexibility index (Phi) is 2.43. The van der Waals surface area contributed by atoms with Crippen LogP contribution in [0.4, 0.5) is 5.95 Å². The van der Waals surface area contributed by atoms with Crippen molar-refractivity contribution < 1.29 is 0 Å². The third kappa shape index (κ3) is 1.79. The normalized spacial score (nSPS) is 10.6. The number of nitrogens with zero attached hydrogens (tertiary/aromatic N) is 4. The molecule has 2 aromatic rings. The lowest BCUT2D eigenvalue weighted by Crippen LogP contribution is -2.16. The number of nitrogens with one attached hydrogen (secondary N) is 1. The SMILES string of the molecule is CCn1nc(C)cc1-c1nc(N)nc(=O)[nH]1. The Morgan fingerprint density at radius 1 is 1.50 bits per heavy atom. The molecule has 0 fully saturated rings. The highest BCUT2D eigenvalue weighted by Gasteiger charge is 2.10. The van der Waals surface area contributed by atoms with Gasteiger partial charge in [-0.15, -0.1) is 0 Å². The van der Waals surface area contributed by atoms with Crippen LogP contribution < -0.4 is 11.4 Å². The van der Waals surface area contributed by atoms with Crippen LogP contribution in [0.3, 0.4) is 0 Å². The quantitative estimate of drug-likeness (QED) is 0.738. The fourth-order valence-corrected chi connectivity index (χ4v) is 1.50. The minimum atomic E-state index is -0.510. The summed E-state index contributed by atoms with van der Waals surface area (Å²) in [6, 6.07) is 1.83. The van der Waals surface area contributed by atoms with E-state index in [2.05, 4.69) is 20.1 Å². The molecule has 0 aliphatic rings. The Hall–Kier alpha value is -2.18. The summed E-state index contributed by atoms with van der Waals surface area (Å²) in [5.41, 5.74) is 6.50. The lowest BCUT2D eigenvalue weighted by molar-refractivity contribution is 0.656. The molecule has 0 aliphatic heterocycles. The zero-order valence-electron chi connectivity index (χ0n) is 9.06. The Morgan fingerprint density at radius 2 is 2.25 bits per heavy atom. The van der Waals surface area contributed by atoms with Crippen LogP contribution in [0.1, 0.15) is 12.6 Å². The predicted molar refractivity (Wildman–Crippen MR) is 58.7 cm³/mol. The summed E-state index contributed by atoms with van der Waals surface area (Å²) in [5, 5.41) is 4.26. The number of anilines is 1. The van der Waals surface area contributed by atoms with Crippen molar-refractivity contribution in [2.75, 3.05) is 5.73 Å². The highest BCUT2D eigenvalue weighted by atomic mass is 16.1. The number of H-pyrrole nitrogens is 1. The van der Waals surface area contributed by atoms with E-state index in [1.54, 1.807) is 4.68 Å². The van der Waals surface area contributed by atoms with Gasteiger partial charge >= 0.3 is 5.69 Å². The summed E-state index contributed by atoms with van der Waals surface area (Å²) in [6.45, 7) is 4.52. The summed E-state index contributed by atoms with van der Waals surface area (Å²) >= 11 is 0. The molecule has 0 aliphatic carbocycles. The van der Waals surface area contributed by atoms with E-state index in [0.29, 0.717) is 12.4 Å². The Labute approximate surface area is 91.4 Å². The number of aromatic amines is 1. The zero-order valence-corrected chi connectivity index (χ0v) is 9.06. The van der Waals surface area contributed by atoms with Gasteiger partial charge in [-0.2, -0.15) is 15.1 Å². The first-order valence-electron chi connectivity index (χ1n) is 4.89. The highest BCUT2D eigenvalue weighted by Crippen LogP contribution is 2.15. The van der Waals surface area contributed by atoms with Crippen molar-refractivity contribution in [3.05, 3.63) is 22.2 Å². The second-order valence-electron chi connectivity index (χ2n) is 3.35. The number of aromatic nitrogens is 5. The van der Waals surface area contributed by atoms with Crippen molar-refractivity contribution in [2.45, 2.75) is 20.4 Å². The van der Waals surface area contributed by atoms with Gasteiger partial charge in [0.25, 0.3) is 0 Å². The van der Waals surface area contributed by atoms with Gasteiger partial charge < -0.3 is 5.73 Å². The summed E-state index contributed by atoms with van der Waals surface area (Å²) in [6.07, 6.45) is 0. The molecule has 0 atom stereocenters. The summed E-state index contributed by atoms with van der Waals surface area (Å²) in [4.78, 5) is 21.1. The van der Waals surface area contributed by atoms with Gasteiger partial charge in [0.15, 0.2) is 5.82 Å². The first kappa shape index (κ1) is 10.3. The van der Waals surface area contributed by atoms with Crippen molar-refractivity contribution >= 4 is 5.95 Å². The van der Waals surface area contributed by atoms with E-state index < -0.39 is 5.69 Å². The molecule has 3 N–H and O–H groups in total. The number of aryl methyl sites for hydroxylation is 2. The van der Waals surface area contributed by atoms with E-state index in [-0.39, 0.29) is 5.95 Å². The van der Waals surface area contributed by atoms with Crippen LogP contribution in [-0.4, -0.2) is 24.7 Å². The van der Waals surface area contributed by atoms with Crippen LogP contribution >= 0.6 is 0 Å². The summed E-state index contributed by atoms with van der Waals surface area (Å²) in [5.74, 6) is 0.347. The predicted octanol–water partition coefficient (Wildman–Crippen LogP) is -0.0611. The van der Waals surface area contributed by atoms with Crippen LogP contribution in [0.2, 0.25) is 0 Å². The van der Waals surface area contributed by atoms with E-state index in [1.165, 1.54) is 0 Å². The van der Waals surface area contributed by atoms with Crippen LogP contribution in [0.15, 0.2) is 10.9 Å². The molecule has 7 heteroatoms. The third-order valence-electron chi connectivity index (χ3n) is 2.11. The van der Waals surface area contributed by atoms with Crippen LogP contribution in [0, 0.1) is 6.92 Å². The second-order valence-corrected chi connectivity index (χ2v) is 3.35. The van der Waals surface area contributed by atoms with E-state index in [1.807, 2.05) is 19.9 Å². The first-order chi connectivity index (χ1) is 7.60. The van der Waals surface area contributed by atoms with Gasteiger partial charge in [0.2, 0.25) is 5.95 Å². The highest BCUT2D eigenvalue weighted by molar-refractivity contribution is 5.51. The molecule has 0 bridgehead atoms. The Balaban J connectivity index is 2.61. The number of hydrogen-bond acceptors (Lipinski definition) is 5. The third-order valence-corrected chi connectivity index (χ3v) is 2.11. The molecule has 16 heavy (non-hydrogen) atoms. The maximum Gasteiger partial charge on any atom is 0.349 e. The van der Waals surface area contributed by atoms with E-state index in [4.69, 9.17) is 5.73 Å². The van der Waals surface area contributed by atoms with Gasteiger partial charge in [-0.3, -0.25) is 9.67 Å². The standard InChI is InChI=1S/C9H12N6O/c1-3-15-6(4-5(2)14-15)7-11-8(10)13-9(16)12-7/h4H,3H2,1-2H3,(H3,10,11,12,13,16). The van der Waals surface area contributed by atoms with Crippen molar-refractivity contribution in [3.63, 3.8) is 0 Å². The molecule has 2 heterocycles. The minimum absolute atomic E-state index is 0.0414. The average Bonchev–Trinajstić information content (AvgIpc) is 2.58. The van der Waals surface area contributed by atoms with Crippen molar-refractivity contribution in [2.24, 2.45) is 0 Å². The van der Waals surface area contributed by atoms with Gasteiger partial charge in [0.05, 0.1) is 5.69 Å². The van der Waals surface area contributed by atoms with Crippen LogP contribution in [0.25, 0.3) is 11.5 Å². The molecule has 0 unspecified atom stereocenters. The van der Waals surface area contributed by atoms with Gasteiger partial charge in [-0.1, -0.05) is 0 Å². The Morgan fingerprint density at radius 3 is 2.88 bits per heavy atom. The Bertz CT molecular complexity index is 570. The molecule has 7 nitrogen and oxygen atoms in total. The second kappa shape index (κ2) is 3.76. The van der Waals surface area contributed by atoms with Gasteiger partial charge in [-0.05, 0) is 19.9 Å². The maximum absolute atomic E-state index is 11.2. The van der Waals surface area contributed by atoms with Gasteiger partial charge in [-0.25, -0.2) is 4.79 Å². The molecule has 2 aromatic heterocycles. The summed E-state index contributed by atoms with van der Waals surface area (Å²) < 4.78 is 1.74. The molecule has 0 aromatic carbocycles. The first-order valence-corrected chi connectivity index (χ1v) is 4.89. The van der Waals surface area contributed by atoms with E-state index in [0.717, 1.165) is 11.4 Å². The molecular formula is C9H12N6O. The van der Waals surface area contributed by atoms with Crippen molar-refractivity contribution in [3.8, 4) is 11.5 Å². The molecule has 0 saturated carbocycles. The number of hydrogen-bond donors (Lipinski definition) is 2. The fraction of sp³-hybridized carbons (Fsp3) is 0.333. The van der Waals surface area contributed by atoms with Crippen molar-refractivity contribution in [1.29, 1.82) is 0 Å². The molecule has 0 radical (unpaired) electrons. The van der Waals surface area contributed by atoms with Crippen LogP contribution in [-0.2, 0) is 6.54 Å². The van der Waals surface area contributed by atoms with E-state index in [9.17, 15) is 4.79 Å². The van der Waals surface area contributed by atoms with E-state index >= 15 is 0 Å². The lowest BCUT2D eigenvalue weighted by atomic mass is 10.3. The number of nitrogen functional groups attached to an aromatic ring is 1. The monoisotopic (exact) mass is 220 g/mol. The smallest absolute Gasteiger partial charge is 0.349 e. The maximum atomic E-state index is 11.2. The number of nitrogens with two attached hydrogens (primary N) is 1. The molecule has 0 amide bonds. The topological polar surface area (TPSA) is 102 Å². The molecule has 0 saturated heterocycles. The fourth-order valence-electron chi connectivity index (χ4n) is 1.50. The minimum Gasteiger partial charge on any atom is -0.368 e. The van der Waals surface area contributed by atoms with Gasteiger partial charge in [0, 0.05) is 6.54 Å². The lowest BCUT2D eigenvalue weighted by Gasteiger charge is -2.03. The molecular weight excluding hydrogens is 208 g/mol. The molecule has 0 spiro atoms. The number of rotatable bonds is 2. The summed E-state index contributed by atoms with van der Waals surface area (Å²) in [7, 11) is 0. The molecule has 2 rings (SSSR count). The zero-order chi connectivity index (χ0) is 11.7. The average molecular weight is 220 g/mol. The molecule has 84 valence electrons. The van der Waals surface area contributed by atoms with Crippen molar-refractivity contribution in [1.82, 2.24) is 24.7 Å².